The summed E-state index contributed by atoms with van der Waals surface area (Å²) in [6, 6.07) is 0. The van der Waals surface area contributed by atoms with Gasteiger partial charge in [0.15, 0.2) is 6.61 Å². The molecule has 0 atom stereocenters. The normalized spacial score (nSPS) is 9.93. The van der Waals surface area contributed by atoms with Crippen LogP contribution in [-0.2, 0) is 9.53 Å². The highest BCUT2D eigenvalue weighted by Gasteiger charge is 2.10. The Morgan fingerprint density at radius 3 is 2.79 bits per heavy atom. The minimum absolute atomic E-state index is 0.0599. The number of carbonyl (C=O) groups is 1. The first kappa shape index (κ1) is 12.0. The van der Waals surface area contributed by atoms with Crippen LogP contribution in [0.1, 0.15) is 6.92 Å². The molecule has 0 saturated heterocycles. The van der Waals surface area contributed by atoms with Crippen LogP contribution in [-0.4, -0.2) is 19.2 Å². The summed E-state index contributed by atoms with van der Waals surface area (Å²) in [5.74, 6) is 0.289. The maximum Gasteiger partial charge on any atom is 0.344 e. The summed E-state index contributed by atoms with van der Waals surface area (Å²) in [6.45, 7) is 2.07. The highest BCUT2D eigenvalue weighted by atomic mass is 79.9. The van der Waals surface area contributed by atoms with E-state index in [9.17, 15) is 4.79 Å². The fourth-order valence-electron chi connectivity index (χ4n) is 0.742. The van der Waals surface area contributed by atoms with E-state index in [1.54, 1.807) is 6.92 Å². The van der Waals surface area contributed by atoms with Crippen LogP contribution in [0.15, 0.2) is 13.6 Å². The van der Waals surface area contributed by atoms with Gasteiger partial charge in [0.05, 0.1) is 14.9 Å². The van der Waals surface area contributed by atoms with E-state index >= 15 is 0 Å². The lowest BCUT2D eigenvalue weighted by molar-refractivity contribution is -0.145. The summed E-state index contributed by atoms with van der Waals surface area (Å²) in [5, 5.41) is 1.81. The van der Waals surface area contributed by atoms with Crippen LogP contribution >= 0.6 is 43.2 Å². The Morgan fingerprint density at radius 2 is 2.29 bits per heavy atom. The largest absolute Gasteiger partial charge is 0.480 e. The van der Waals surface area contributed by atoms with E-state index in [2.05, 4.69) is 31.9 Å². The molecule has 1 heterocycles. The van der Waals surface area contributed by atoms with Gasteiger partial charge in [0.2, 0.25) is 0 Å². The van der Waals surface area contributed by atoms with Crippen molar-refractivity contribution in [2.24, 2.45) is 0 Å². The Morgan fingerprint density at radius 1 is 1.57 bits per heavy atom. The molecule has 0 aliphatic carbocycles. The monoisotopic (exact) mass is 342 g/mol. The predicted octanol–water partition coefficient (Wildman–Crippen LogP) is 3.22. The molecule has 0 spiro atoms. The minimum Gasteiger partial charge on any atom is -0.480 e. The van der Waals surface area contributed by atoms with Crippen molar-refractivity contribution in [3.8, 4) is 5.75 Å². The Balaban J connectivity index is 2.46. The van der Waals surface area contributed by atoms with E-state index in [-0.39, 0.29) is 12.6 Å². The molecule has 1 rings (SSSR count). The number of thiophene rings is 1. The van der Waals surface area contributed by atoms with Crippen molar-refractivity contribution in [2.75, 3.05) is 13.2 Å². The Bertz CT molecular complexity index is 324. The molecular weight excluding hydrogens is 336 g/mol. The van der Waals surface area contributed by atoms with Gasteiger partial charge in [-0.2, -0.15) is 0 Å². The number of carbonyl (C=O) groups excluding carboxylic acids is 1. The Labute approximate surface area is 103 Å². The highest BCUT2D eigenvalue weighted by Crippen LogP contribution is 2.38. The van der Waals surface area contributed by atoms with Crippen molar-refractivity contribution in [1.82, 2.24) is 0 Å². The van der Waals surface area contributed by atoms with E-state index in [1.165, 1.54) is 11.3 Å². The molecular formula is C8H8Br2O3S. The van der Waals surface area contributed by atoms with Crippen LogP contribution < -0.4 is 4.74 Å². The third-order valence-electron chi connectivity index (χ3n) is 1.31. The van der Waals surface area contributed by atoms with Crippen molar-refractivity contribution in [2.45, 2.75) is 6.92 Å². The summed E-state index contributed by atoms with van der Waals surface area (Å²) in [7, 11) is 0. The molecule has 0 saturated carbocycles. The highest BCUT2D eigenvalue weighted by molar-refractivity contribution is 9.13. The molecule has 78 valence electrons. The zero-order valence-electron chi connectivity index (χ0n) is 7.38. The van der Waals surface area contributed by atoms with Gasteiger partial charge in [0.1, 0.15) is 5.75 Å². The van der Waals surface area contributed by atoms with Crippen LogP contribution in [0, 0.1) is 0 Å². The fraction of sp³-hybridized carbons (Fsp3) is 0.375. The predicted molar refractivity (Wildman–Crippen MR) is 61.8 cm³/mol. The lowest BCUT2D eigenvalue weighted by atomic mass is 10.6. The van der Waals surface area contributed by atoms with Gasteiger partial charge in [0, 0.05) is 5.38 Å². The summed E-state index contributed by atoms with van der Waals surface area (Å²) < 4.78 is 11.7. The molecule has 0 aromatic carbocycles. The van der Waals surface area contributed by atoms with Gasteiger partial charge in [-0.15, -0.1) is 11.3 Å². The van der Waals surface area contributed by atoms with Crippen LogP contribution in [0.2, 0.25) is 0 Å². The van der Waals surface area contributed by atoms with Crippen molar-refractivity contribution in [1.29, 1.82) is 0 Å². The molecule has 6 heteroatoms. The first-order chi connectivity index (χ1) is 6.65. The Hall–Kier alpha value is -0.0700. The quantitative estimate of drug-likeness (QED) is 0.787. The number of halogens is 2. The van der Waals surface area contributed by atoms with E-state index in [4.69, 9.17) is 9.47 Å². The maximum atomic E-state index is 11.0. The van der Waals surface area contributed by atoms with Crippen LogP contribution in [0.5, 0.6) is 5.75 Å². The number of esters is 1. The summed E-state index contributed by atoms with van der Waals surface area (Å²) in [4.78, 5) is 11.0. The van der Waals surface area contributed by atoms with Crippen molar-refractivity contribution in [3.05, 3.63) is 13.6 Å². The van der Waals surface area contributed by atoms with Gasteiger partial charge in [-0.25, -0.2) is 4.79 Å². The van der Waals surface area contributed by atoms with Crippen LogP contribution in [0.4, 0.5) is 0 Å². The molecule has 0 aliphatic rings. The first-order valence-electron chi connectivity index (χ1n) is 3.86. The van der Waals surface area contributed by atoms with Gasteiger partial charge in [-0.3, -0.25) is 0 Å². The van der Waals surface area contributed by atoms with Gasteiger partial charge in [-0.1, -0.05) is 0 Å². The number of hydrogen-bond acceptors (Lipinski definition) is 4. The number of hydrogen-bond donors (Lipinski definition) is 0. The second-order valence-corrected chi connectivity index (χ2v) is 5.27. The lowest BCUT2D eigenvalue weighted by Crippen LogP contribution is -2.14. The summed E-state index contributed by atoms with van der Waals surface area (Å²) in [5.41, 5.74) is 0. The van der Waals surface area contributed by atoms with E-state index in [0.717, 1.165) is 8.26 Å². The van der Waals surface area contributed by atoms with E-state index in [0.29, 0.717) is 12.4 Å². The average molecular weight is 344 g/mol. The molecule has 0 bridgehead atoms. The van der Waals surface area contributed by atoms with Crippen molar-refractivity contribution >= 4 is 49.2 Å². The van der Waals surface area contributed by atoms with Gasteiger partial charge >= 0.3 is 5.97 Å². The second-order valence-electron chi connectivity index (χ2n) is 2.28. The molecule has 1 aromatic rings. The molecule has 0 fully saturated rings. The molecule has 14 heavy (non-hydrogen) atoms. The average Bonchev–Trinajstić information content (AvgIpc) is 2.46. The molecule has 3 nitrogen and oxygen atoms in total. The van der Waals surface area contributed by atoms with Gasteiger partial charge in [0.25, 0.3) is 0 Å². The number of ether oxygens (including phenoxy) is 2. The standard InChI is InChI=1S/C8H8Br2O3S/c1-2-12-6(11)3-13-5-4-14-8(10)7(5)9/h4H,2-3H2,1H3. The van der Waals surface area contributed by atoms with Crippen molar-refractivity contribution < 1.29 is 14.3 Å². The molecule has 0 unspecified atom stereocenters. The van der Waals surface area contributed by atoms with E-state index in [1.807, 2.05) is 5.38 Å². The SMILES string of the molecule is CCOC(=O)COc1csc(Br)c1Br. The molecule has 0 N–H and O–H groups in total. The maximum absolute atomic E-state index is 11.0. The third-order valence-corrected chi connectivity index (χ3v) is 4.59. The smallest absolute Gasteiger partial charge is 0.344 e. The summed E-state index contributed by atoms with van der Waals surface area (Å²) in [6.07, 6.45) is 0. The number of rotatable bonds is 4. The molecule has 0 radical (unpaired) electrons. The van der Waals surface area contributed by atoms with Crippen LogP contribution in [0.3, 0.4) is 0 Å². The second kappa shape index (κ2) is 5.72. The first-order valence-corrected chi connectivity index (χ1v) is 6.32. The summed E-state index contributed by atoms with van der Waals surface area (Å²) >= 11 is 8.14. The van der Waals surface area contributed by atoms with Gasteiger partial charge in [-0.05, 0) is 38.8 Å². The topological polar surface area (TPSA) is 35.5 Å². The zero-order valence-corrected chi connectivity index (χ0v) is 11.4. The fourth-order valence-corrected chi connectivity index (χ4v) is 2.48. The Kier molecular flexibility index (Phi) is 4.91. The molecule has 0 amide bonds. The third kappa shape index (κ3) is 3.25. The van der Waals surface area contributed by atoms with Gasteiger partial charge < -0.3 is 9.47 Å². The zero-order chi connectivity index (χ0) is 10.6. The molecule has 0 aliphatic heterocycles. The molecule has 1 aromatic heterocycles. The lowest BCUT2D eigenvalue weighted by Gasteiger charge is -2.03. The van der Waals surface area contributed by atoms with E-state index < -0.39 is 0 Å². The van der Waals surface area contributed by atoms with Crippen LogP contribution in [0.25, 0.3) is 0 Å². The minimum atomic E-state index is -0.360. The van der Waals surface area contributed by atoms with Crippen molar-refractivity contribution in [3.63, 3.8) is 0 Å².